The molecule has 0 aliphatic carbocycles. The second kappa shape index (κ2) is 9.51. The summed E-state index contributed by atoms with van der Waals surface area (Å²) in [4.78, 5) is 30.2. The number of carbonyl (C=O) groups excluding carboxylic acids is 1. The van der Waals surface area contributed by atoms with E-state index >= 15 is 0 Å². The lowest BCUT2D eigenvalue weighted by molar-refractivity contribution is -0.141. The van der Waals surface area contributed by atoms with Crippen molar-refractivity contribution >= 4 is 56.9 Å². The maximum absolute atomic E-state index is 13.9. The number of benzene rings is 2. The maximum atomic E-state index is 13.9. The molecule has 3 N–H and O–H groups in total. The van der Waals surface area contributed by atoms with Crippen molar-refractivity contribution in [3.63, 3.8) is 0 Å². The summed E-state index contributed by atoms with van der Waals surface area (Å²) in [6, 6.07) is 7.45. The highest BCUT2D eigenvalue weighted by Crippen LogP contribution is 2.41. The van der Waals surface area contributed by atoms with Crippen LogP contribution in [0.2, 0.25) is 5.02 Å². The van der Waals surface area contributed by atoms with Crippen molar-refractivity contribution in [1.29, 1.82) is 0 Å². The number of aliphatic carboxylic acids is 1. The number of fused-ring (bicyclic) bond motifs is 1. The predicted molar refractivity (Wildman–Crippen MR) is 132 cm³/mol. The molecule has 1 aromatic heterocycles. The minimum Gasteiger partial charge on any atom is -0.480 e. The van der Waals surface area contributed by atoms with Crippen molar-refractivity contribution in [2.75, 3.05) is 6.54 Å². The minimum absolute atomic E-state index is 0.0327. The Kier molecular flexibility index (Phi) is 6.50. The lowest BCUT2D eigenvalue weighted by atomic mass is 9.93. The molecule has 37 heavy (non-hydrogen) atoms. The number of aliphatic hydroxyl groups excluding tert-OH is 1. The number of rotatable bonds is 4. The average molecular weight is 551 g/mol. The highest BCUT2D eigenvalue weighted by atomic mass is 35.5. The molecule has 3 aromatic rings. The Morgan fingerprint density at radius 3 is 2.76 bits per heavy atom. The molecule has 0 spiro atoms. The van der Waals surface area contributed by atoms with Gasteiger partial charge in [0, 0.05) is 23.4 Å². The molecule has 1 fully saturated rings. The van der Waals surface area contributed by atoms with Crippen molar-refractivity contribution in [2.45, 2.75) is 31.2 Å². The minimum atomic E-state index is -4.68. The monoisotopic (exact) mass is 550 g/mol. The number of β-amino-alcohol motifs (C(OH)–C–C–N with tert-alkyl or cyclic N) is 1. The number of aromatic nitrogens is 2. The van der Waals surface area contributed by atoms with Crippen LogP contribution in [0, 0.1) is 0 Å². The van der Waals surface area contributed by atoms with E-state index in [-0.39, 0.29) is 45.6 Å². The lowest BCUT2D eigenvalue weighted by Gasteiger charge is -2.22. The number of hydrogen-bond donors (Lipinski definition) is 3. The number of aliphatic hydroxyl groups is 1. The van der Waals surface area contributed by atoms with E-state index in [0.29, 0.717) is 16.5 Å². The fourth-order valence-corrected chi connectivity index (χ4v) is 5.72. The maximum Gasteiger partial charge on any atom is 0.416 e. The molecule has 8 nitrogen and oxygen atoms in total. The Balaban J connectivity index is 1.61. The number of aromatic amines is 1. The molecular formula is C24H18ClF3N4O4S. The first-order valence-corrected chi connectivity index (χ1v) is 12.2. The Hall–Kier alpha value is -3.35. The number of aliphatic imine (C=N–C) groups is 1. The molecule has 13 heteroatoms. The quantitative estimate of drug-likeness (QED) is 0.414. The third-order valence-electron chi connectivity index (χ3n) is 6.20. The molecule has 2 aromatic carbocycles. The SMILES string of the molecule is O=C1N=C(N2C[C@H](O)C[C@H]2C(=O)O)SC1=C(Cc1ccc(Cl)cc1C(F)(F)F)c1ccc2[nH]ncc2c1. The number of carboxylic acids is 1. The molecule has 1 saturated heterocycles. The molecule has 2 aliphatic heterocycles. The number of nitrogens with one attached hydrogen (secondary N) is 1. The van der Waals surface area contributed by atoms with E-state index in [1.165, 1.54) is 17.0 Å². The van der Waals surface area contributed by atoms with Gasteiger partial charge in [-0.1, -0.05) is 23.7 Å². The molecular weight excluding hydrogens is 533 g/mol. The highest BCUT2D eigenvalue weighted by molar-refractivity contribution is 8.18. The molecule has 0 bridgehead atoms. The fourth-order valence-electron chi connectivity index (χ4n) is 4.47. The van der Waals surface area contributed by atoms with Gasteiger partial charge in [0.2, 0.25) is 0 Å². The Bertz CT molecular complexity index is 1490. The second-order valence-corrected chi connectivity index (χ2v) is 10.1. The van der Waals surface area contributed by atoms with E-state index in [1.807, 2.05) is 0 Å². The zero-order chi connectivity index (χ0) is 26.5. The van der Waals surface area contributed by atoms with Gasteiger partial charge in [0.25, 0.3) is 5.91 Å². The van der Waals surface area contributed by atoms with E-state index < -0.39 is 35.8 Å². The summed E-state index contributed by atoms with van der Waals surface area (Å²) in [6.07, 6.45) is -4.35. The first kappa shape index (κ1) is 25.3. The fraction of sp³-hybridized carbons (Fsp3) is 0.250. The van der Waals surface area contributed by atoms with Crippen molar-refractivity contribution in [1.82, 2.24) is 15.1 Å². The summed E-state index contributed by atoms with van der Waals surface area (Å²) in [7, 11) is 0. The topological polar surface area (TPSA) is 119 Å². The molecule has 192 valence electrons. The third kappa shape index (κ3) is 4.96. The van der Waals surface area contributed by atoms with Gasteiger partial charge in [-0.15, -0.1) is 0 Å². The number of carboxylic acid groups (broad SMARTS) is 1. The van der Waals surface area contributed by atoms with Crippen molar-refractivity contribution in [3.05, 3.63) is 69.2 Å². The van der Waals surface area contributed by atoms with Crippen molar-refractivity contribution < 1.29 is 33.0 Å². The van der Waals surface area contributed by atoms with Gasteiger partial charge >= 0.3 is 12.1 Å². The van der Waals surface area contributed by atoms with E-state index in [2.05, 4.69) is 15.2 Å². The predicted octanol–water partition coefficient (Wildman–Crippen LogP) is 4.34. The largest absolute Gasteiger partial charge is 0.480 e. The van der Waals surface area contributed by atoms with Gasteiger partial charge in [-0.05, 0) is 59.1 Å². The van der Waals surface area contributed by atoms with Gasteiger partial charge < -0.3 is 15.1 Å². The average Bonchev–Trinajstić information content (AvgIpc) is 3.55. The number of nitrogens with zero attached hydrogens (tertiary/aromatic N) is 3. The van der Waals surface area contributed by atoms with Gasteiger partial charge in [-0.2, -0.15) is 23.3 Å². The highest BCUT2D eigenvalue weighted by Gasteiger charge is 2.41. The molecule has 0 radical (unpaired) electrons. The smallest absolute Gasteiger partial charge is 0.416 e. The van der Waals surface area contributed by atoms with Crippen LogP contribution in [0.15, 0.2) is 52.5 Å². The van der Waals surface area contributed by atoms with Crippen LogP contribution in [0.4, 0.5) is 13.2 Å². The number of thioether (sulfide) groups is 1. The van der Waals surface area contributed by atoms with Crippen LogP contribution in [-0.4, -0.2) is 61.0 Å². The lowest BCUT2D eigenvalue weighted by Crippen LogP contribution is -2.38. The number of alkyl halides is 3. The summed E-state index contributed by atoms with van der Waals surface area (Å²) in [6.45, 7) is -0.0327. The van der Waals surface area contributed by atoms with E-state index in [1.54, 1.807) is 24.4 Å². The molecule has 3 heterocycles. The van der Waals surface area contributed by atoms with Gasteiger partial charge in [-0.25, -0.2) is 4.79 Å². The van der Waals surface area contributed by atoms with Crippen LogP contribution >= 0.6 is 23.4 Å². The van der Waals surface area contributed by atoms with Crippen LogP contribution < -0.4 is 0 Å². The Morgan fingerprint density at radius 2 is 2.03 bits per heavy atom. The number of carbonyl (C=O) groups is 2. The first-order valence-electron chi connectivity index (χ1n) is 11.0. The first-order chi connectivity index (χ1) is 17.5. The normalized spacial score (nSPS) is 21.6. The standard InChI is InChI=1S/C24H18ClF3N4O4S/c25-14-3-1-12(17(7-14)24(26,27)28)6-16(11-2-4-18-13(5-11)9-29-31-18)20-21(34)30-23(37-20)32-10-15(33)8-19(32)22(35)36/h1-5,7,9,15,19,33H,6,8,10H2,(H,29,31)(H,35,36)/t15-,19+/m1/s1. The molecule has 2 atom stereocenters. The van der Waals surface area contributed by atoms with E-state index in [0.717, 1.165) is 17.8 Å². The number of halogens is 4. The number of hydrogen-bond acceptors (Lipinski definition) is 6. The van der Waals surface area contributed by atoms with Crippen LogP contribution in [0.5, 0.6) is 0 Å². The van der Waals surface area contributed by atoms with Crippen LogP contribution in [0.3, 0.4) is 0 Å². The summed E-state index contributed by atoms with van der Waals surface area (Å²) in [5.41, 5.74) is 0.464. The van der Waals surface area contributed by atoms with Gasteiger partial charge in [0.15, 0.2) is 5.17 Å². The molecule has 0 unspecified atom stereocenters. The van der Waals surface area contributed by atoms with Gasteiger partial charge in [-0.3, -0.25) is 9.89 Å². The number of allylic oxidation sites excluding steroid dienone is 1. The number of amides is 1. The Morgan fingerprint density at radius 1 is 1.24 bits per heavy atom. The van der Waals surface area contributed by atoms with E-state index in [9.17, 15) is 33.0 Å². The number of likely N-dealkylation sites (tertiary alicyclic amines) is 1. The zero-order valence-electron chi connectivity index (χ0n) is 18.8. The molecule has 0 saturated carbocycles. The second-order valence-electron chi connectivity index (χ2n) is 8.65. The summed E-state index contributed by atoms with van der Waals surface area (Å²) >= 11 is 6.74. The number of amidine groups is 1. The van der Waals surface area contributed by atoms with Crippen molar-refractivity contribution in [2.24, 2.45) is 4.99 Å². The molecule has 1 amide bonds. The number of H-pyrrole nitrogens is 1. The van der Waals surface area contributed by atoms with Gasteiger partial charge in [0.05, 0.1) is 28.3 Å². The molecule has 2 aliphatic rings. The summed E-state index contributed by atoms with van der Waals surface area (Å²) < 4.78 is 41.6. The Labute approximate surface area is 216 Å². The zero-order valence-corrected chi connectivity index (χ0v) is 20.4. The molecule has 5 rings (SSSR count). The van der Waals surface area contributed by atoms with Crippen LogP contribution in [-0.2, 0) is 22.2 Å². The van der Waals surface area contributed by atoms with Crippen LogP contribution in [0.1, 0.15) is 23.1 Å². The van der Waals surface area contributed by atoms with Gasteiger partial charge in [0.1, 0.15) is 6.04 Å². The van der Waals surface area contributed by atoms with E-state index in [4.69, 9.17) is 11.6 Å². The third-order valence-corrected chi connectivity index (χ3v) is 7.57. The summed E-state index contributed by atoms with van der Waals surface area (Å²) in [5, 5.41) is 27.0. The van der Waals surface area contributed by atoms with Crippen molar-refractivity contribution in [3.8, 4) is 0 Å². The summed E-state index contributed by atoms with van der Waals surface area (Å²) in [5.74, 6) is -1.87. The van der Waals surface area contributed by atoms with Crippen LogP contribution in [0.25, 0.3) is 16.5 Å².